The molecule has 0 atom stereocenters. The topological polar surface area (TPSA) is 67.6 Å². The highest BCUT2D eigenvalue weighted by Gasteiger charge is 2.18. The van der Waals surface area contributed by atoms with Crippen LogP contribution in [-0.4, -0.2) is 51.8 Å². The van der Waals surface area contributed by atoms with Crippen LogP contribution < -0.4 is 0 Å². The Balaban J connectivity index is 1.85. The van der Waals surface area contributed by atoms with Crippen molar-refractivity contribution in [2.45, 2.75) is 13.2 Å². The number of fused-ring (bicyclic) bond motifs is 1. The maximum Gasteiger partial charge on any atom is 0.242 e. The molecule has 1 amide bonds. The van der Waals surface area contributed by atoms with Crippen LogP contribution in [0.15, 0.2) is 24.5 Å². The van der Waals surface area contributed by atoms with Crippen molar-refractivity contribution in [1.82, 2.24) is 14.5 Å². The minimum atomic E-state index is -0.0546. The number of aliphatic hydroxyl groups excluding tert-OH is 1. The van der Waals surface area contributed by atoms with E-state index >= 15 is 0 Å². The molecule has 106 valence electrons. The number of carbonyl (C=O) groups excluding carboxylic acids is 1. The molecule has 6 heteroatoms. The Morgan fingerprint density at radius 1 is 1.40 bits per heavy atom. The third kappa shape index (κ3) is 2.39. The summed E-state index contributed by atoms with van der Waals surface area (Å²) in [6, 6.07) is 3.74. The van der Waals surface area contributed by atoms with Gasteiger partial charge in [-0.15, -0.1) is 0 Å². The van der Waals surface area contributed by atoms with Gasteiger partial charge in [-0.05, 0) is 12.1 Å². The zero-order valence-corrected chi connectivity index (χ0v) is 11.2. The van der Waals surface area contributed by atoms with E-state index in [2.05, 4.69) is 4.98 Å². The van der Waals surface area contributed by atoms with E-state index < -0.39 is 0 Å². The summed E-state index contributed by atoms with van der Waals surface area (Å²) in [5, 5.41) is 10.3. The maximum atomic E-state index is 12.3. The Morgan fingerprint density at radius 2 is 2.20 bits per heavy atom. The molecule has 0 aromatic carbocycles. The lowest BCUT2D eigenvalue weighted by atomic mass is 10.2. The van der Waals surface area contributed by atoms with E-state index in [4.69, 9.17) is 4.74 Å². The fraction of sp³-hybridized carbons (Fsp3) is 0.429. The first-order valence-corrected chi connectivity index (χ1v) is 6.68. The van der Waals surface area contributed by atoms with Crippen molar-refractivity contribution in [3.63, 3.8) is 0 Å². The zero-order chi connectivity index (χ0) is 13.9. The molecule has 1 aliphatic heterocycles. The molecule has 2 aromatic rings. The second-order valence-corrected chi connectivity index (χ2v) is 4.81. The Kier molecular flexibility index (Phi) is 3.66. The molecule has 20 heavy (non-hydrogen) atoms. The average molecular weight is 275 g/mol. The van der Waals surface area contributed by atoms with Crippen molar-refractivity contribution < 1.29 is 14.6 Å². The molecule has 2 aromatic heterocycles. The van der Waals surface area contributed by atoms with Gasteiger partial charge in [-0.3, -0.25) is 4.79 Å². The molecule has 3 heterocycles. The van der Waals surface area contributed by atoms with E-state index in [0.717, 1.165) is 16.6 Å². The van der Waals surface area contributed by atoms with Gasteiger partial charge in [0.15, 0.2) is 0 Å². The van der Waals surface area contributed by atoms with E-state index in [1.807, 2.05) is 12.1 Å². The van der Waals surface area contributed by atoms with Gasteiger partial charge in [-0.1, -0.05) is 0 Å². The number of amides is 1. The minimum Gasteiger partial charge on any atom is -0.392 e. The van der Waals surface area contributed by atoms with Crippen LogP contribution in [0.2, 0.25) is 0 Å². The van der Waals surface area contributed by atoms with Gasteiger partial charge >= 0.3 is 0 Å². The van der Waals surface area contributed by atoms with Gasteiger partial charge in [-0.25, -0.2) is 4.98 Å². The first-order chi connectivity index (χ1) is 9.79. The lowest BCUT2D eigenvalue weighted by Gasteiger charge is -2.27. The Bertz CT molecular complexity index is 617. The van der Waals surface area contributed by atoms with E-state index in [1.54, 1.807) is 21.9 Å². The summed E-state index contributed by atoms with van der Waals surface area (Å²) in [6.07, 6.45) is 3.50. The van der Waals surface area contributed by atoms with Crippen LogP contribution in [-0.2, 0) is 22.7 Å². The Hall–Kier alpha value is -1.92. The summed E-state index contributed by atoms with van der Waals surface area (Å²) >= 11 is 0. The minimum absolute atomic E-state index is 0.0546. The fourth-order valence-corrected chi connectivity index (χ4v) is 2.50. The number of aliphatic hydroxyl groups is 1. The summed E-state index contributed by atoms with van der Waals surface area (Å²) in [5.74, 6) is 0.0559. The SMILES string of the molecule is O=C(Cn1cc(CO)c2cccnc21)N1CCOCC1. The second-order valence-electron chi connectivity index (χ2n) is 4.81. The number of hydrogen-bond acceptors (Lipinski definition) is 4. The van der Waals surface area contributed by atoms with Crippen LogP contribution in [0.3, 0.4) is 0 Å². The smallest absolute Gasteiger partial charge is 0.242 e. The predicted molar refractivity (Wildman–Crippen MR) is 73.1 cm³/mol. The molecule has 1 fully saturated rings. The normalized spacial score (nSPS) is 15.8. The van der Waals surface area contributed by atoms with Crippen LogP contribution in [0.5, 0.6) is 0 Å². The highest BCUT2D eigenvalue weighted by atomic mass is 16.5. The van der Waals surface area contributed by atoms with Crippen molar-refractivity contribution in [3.8, 4) is 0 Å². The van der Waals surface area contributed by atoms with E-state index in [-0.39, 0.29) is 19.1 Å². The number of pyridine rings is 1. The molecule has 1 N–H and O–H groups in total. The summed E-state index contributed by atoms with van der Waals surface area (Å²) in [7, 11) is 0. The molecule has 6 nitrogen and oxygen atoms in total. The third-order valence-corrected chi connectivity index (χ3v) is 3.56. The molecule has 0 spiro atoms. The number of rotatable bonds is 3. The lowest BCUT2D eigenvalue weighted by Crippen LogP contribution is -2.42. The molecule has 0 unspecified atom stereocenters. The van der Waals surface area contributed by atoms with Gasteiger partial charge in [0.1, 0.15) is 12.2 Å². The molecular weight excluding hydrogens is 258 g/mol. The largest absolute Gasteiger partial charge is 0.392 e. The monoisotopic (exact) mass is 275 g/mol. The standard InChI is InChI=1S/C14H17N3O3/c18-10-11-8-17(14-12(11)2-1-3-15-14)9-13(19)16-4-6-20-7-5-16/h1-3,8,18H,4-7,9-10H2. The molecule has 1 aliphatic rings. The lowest BCUT2D eigenvalue weighted by molar-refractivity contribution is -0.135. The summed E-state index contributed by atoms with van der Waals surface area (Å²) in [6.45, 7) is 2.65. The van der Waals surface area contributed by atoms with Gasteiger partial charge < -0.3 is 19.3 Å². The Labute approximate surface area is 116 Å². The number of nitrogens with zero attached hydrogens (tertiary/aromatic N) is 3. The molecule has 0 bridgehead atoms. The molecular formula is C14H17N3O3. The van der Waals surface area contributed by atoms with E-state index in [1.165, 1.54) is 0 Å². The number of morpholine rings is 1. The van der Waals surface area contributed by atoms with Crippen LogP contribution in [0.1, 0.15) is 5.56 Å². The van der Waals surface area contributed by atoms with Gasteiger partial charge in [-0.2, -0.15) is 0 Å². The molecule has 1 saturated heterocycles. The molecule has 3 rings (SSSR count). The summed E-state index contributed by atoms with van der Waals surface area (Å²) in [4.78, 5) is 18.4. The van der Waals surface area contributed by atoms with E-state index in [0.29, 0.717) is 26.3 Å². The quantitative estimate of drug-likeness (QED) is 0.880. The fourth-order valence-electron chi connectivity index (χ4n) is 2.50. The average Bonchev–Trinajstić information content (AvgIpc) is 2.86. The number of hydrogen-bond donors (Lipinski definition) is 1. The van der Waals surface area contributed by atoms with Crippen LogP contribution in [0, 0.1) is 0 Å². The Morgan fingerprint density at radius 3 is 2.95 bits per heavy atom. The highest BCUT2D eigenvalue weighted by Crippen LogP contribution is 2.19. The van der Waals surface area contributed by atoms with Crippen LogP contribution >= 0.6 is 0 Å². The van der Waals surface area contributed by atoms with Crippen LogP contribution in [0.4, 0.5) is 0 Å². The summed E-state index contributed by atoms with van der Waals surface area (Å²) in [5.41, 5.74) is 1.53. The number of aromatic nitrogens is 2. The molecule has 0 aliphatic carbocycles. The highest BCUT2D eigenvalue weighted by molar-refractivity contribution is 5.83. The van der Waals surface area contributed by atoms with Gasteiger partial charge in [0, 0.05) is 36.4 Å². The second kappa shape index (κ2) is 5.60. The van der Waals surface area contributed by atoms with Crippen molar-refractivity contribution in [2.75, 3.05) is 26.3 Å². The molecule has 0 saturated carbocycles. The van der Waals surface area contributed by atoms with E-state index in [9.17, 15) is 9.90 Å². The van der Waals surface area contributed by atoms with Gasteiger partial charge in [0.05, 0.1) is 19.8 Å². The van der Waals surface area contributed by atoms with Crippen LogP contribution in [0.25, 0.3) is 11.0 Å². The van der Waals surface area contributed by atoms with Crippen molar-refractivity contribution in [2.24, 2.45) is 0 Å². The van der Waals surface area contributed by atoms with Crippen molar-refractivity contribution >= 4 is 16.9 Å². The van der Waals surface area contributed by atoms with Crippen molar-refractivity contribution in [3.05, 3.63) is 30.1 Å². The number of carbonyl (C=O) groups is 1. The summed E-state index contributed by atoms with van der Waals surface area (Å²) < 4.78 is 7.05. The van der Waals surface area contributed by atoms with Gasteiger partial charge in [0.2, 0.25) is 5.91 Å². The first kappa shape index (κ1) is 13.1. The zero-order valence-electron chi connectivity index (χ0n) is 11.2. The number of ether oxygens (including phenoxy) is 1. The van der Waals surface area contributed by atoms with Crippen molar-refractivity contribution in [1.29, 1.82) is 0 Å². The maximum absolute atomic E-state index is 12.3. The third-order valence-electron chi connectivity index (χ3n) is 3.56. The first-order valence-electron chi connectivity index (χ1n) is 6.68. The molecule has 0 radical (unpaired) electrons. The van der Waals surface area contributed by atoms with Gasteiger partial charge in [0.25, 0.3) is 0 Å². The predicted octanol–water partition coefficient (Wildman–Crippen LogP) is 0.387.